The second kappa shape index (κ2) is 6.91. The molecule has 0 saturated carbocycles. The van der Waals surface area contributed by atoms with Crippen LogP contribution in [0.3, 0.4) is 0 Å². The molecule has 1 heterocycles. The fourth-order valence-electron chi connectivity index (χ4n) is 2.15. The largest absolute Gasteiger partial charge is 0.416 e. The summed E-state index contributed by atoms with van der Waals surface area (Å²) >= 11 is 4.65. The zero-order chi connectivity index (χ0) is 15.5. The molecule has 1 unspecified atom stereocenters. The van der Waals surface area contributed by atoms with E-state index in [1.54, 1.807) is 17.4 Å². The molecule has 0 saturated heterocycles. The summed E-state index contributed by atoms with van der Waals surface area (Å²) in [6.45, 7) is 0. The third-order valence-corrected chi connectivity index (χ3v) is 4.42. The summed E-state index contributed by atoms with van der Waals surface area (Å²) in [6.07, 6.45) is -3.24. The highest BCUT2D eigenvalue weighted by molar-refractivity contribution is 9.10. The Hall–Kier alpha value is -0.890. The van der Waals surface area contributed by atoms with E-state index in [2.05, 4.69) is 21.4 Å². The van der Waals surface area contributed by atoms with Crippen molar-refractivity contribution in [3.8, 4) is 0 Å². The molecule has 114 valence electrons. The summed E-state index contributed by atoms with van der Waals surface area (Å²) in [4.78, 5) is 0. The quantitative estimate of drug-likeness (QED) is 0.586. The minimum atomic E-state index is -4.41. The number of aryl methyl sites for hydroxylation is 1. The van der Waals surface area contributed by atoms with Crippen LogP contribution in [0.25, 0.3) is 0 Å². The van der Waals surface area contributed by atoms with Gasteiger partial charge in [0.2, 0.25) is 0 Å². The zero-order valence-corrected chi connectivity index (χ0v) is 13.4. The topological polar surface area (TPSA) is 38.0 Å². The number of rotatable bonds is 5. The minimum absolute atomic E-state index is 0.170. The van der Waals surface area contributed by atoms with E-state index in [-0.39, 0.29) is 5.56 Å². The third kappa shape index (κ3) is 4.29. The van der Waals surface area contributed by atoms with Gasteiger partial charge in [0, 0.05) is 10.5 Å². The Morgan fingerprint density at radius 2 is 2.05 bits per heavy atom. The summed E-state index contributed by atoms with van der Waals surface area (Å²) in [6, 6.07) is 5.56. The summed E-state index contributed by atoms with van der Waals surface area (Å²) in [5.74, 6) is 5.47. The molecular weight excluding hydrogens is 365 g/mol. The first-order valence-corrected chi connectivity index (χ1v) is 7.99. The van der Waals surface area contributed by atoms with Crippen molar-refractivity contribution in [3.63, 3.8) is 0 Å². The molecule has 1 atom stereocenters. The van der Waals surface area contributed by atoms with Crippen LogP contribution in [0.2, 0.25) is 0 Å². The number of nitrogens with two attached hydrogens (primary N) is 1. The fraction of sp³-hybridized carbons (Fsp3) is 0.286. The molecule has 1 aromatic heterocycles. The molecule has 0 aliphatic rings. The zero-order valence-electron chi connectivity index (χ0n) is 11.0. The molecule has 0 amide bonds. The molecule has 2 nitrogen and oxygen atoms in total. The van der Waals surface area contributed by atoms with Crippen molar-refractivity contribution in [2.75, 3.05) is 0 Å². The molecule has 0 aliphatic heterocycles. The maximum absolute atomic E-state index is 13.2. The molecule has 2 aromatic rings. The van der Waals surface area contributed by atoms with Crippen LogP contribution in [-0.4, -0.2) is 0 Å². The van der Waals surface area contributed by atoms with Crippen LogP contribution < -0.4 is 11.3 Å². The lowest BCUT2D eigenvalue weighted by molar-refractivity contribution is -0.138. The van der Waals surface area contributed by atoms with Crippen molar-refractivity contribution in [3.05, 3.63) is 56.2 Å². The van der Waals surface area contributed by atoms with Gasteiger partial charge in [-0.15, -0.1) is 0 Å². The van der Waals surface area contributed by atoms with Gasteiger partial charge in [-0.25, -0.2) is 0 Å². The van der Waals surface area contributed by atoms with Gasteiger partial charge in [-0.2, -0.15) is 24.5 Å². The van der Waals surface area contributed by atoms with Gasteiger partial charge in [0.1, 0.15) is 0 Å². The van der Waals surface area contributed by atoms with Crippen molar-refractivity contribution >= 4 is 27.3 Å². The van der Waals surface area contributed by atoms with Gasteiger partial charge in [0.15, 0.2) is 0 Å². The van der Waals surface area contributed by atoms with Crippen LogP contribution in [0, 0.1) is 0 Å². The fourth-order valence-corrected chi connectivity index (χ4v) is 3.22. The molecule has 21 heavy (non-hydrogen) atoms. The summed E-state index contributed by atoms with van der Waals surface area (Å²) in [5, 5.41) is 3.93. The van der Waals surface area contributed by atoms with E-state index < -0.39 is 17.8 Å². The number of hydrazine groups is 1. The first kappa shape index (κ1) is 16.5. The Bertz CT molecular complexity index is 584. The molecule has 0 aliphatic carbocycles. The molecule has 0 spiro atoms. The summed E-state index contributed by atoms with van der Waals surface area (Å²) in [7, 11) is 0. The number of halogens is 4. The summed E-state index contributed by atoms with van der Waals surface area (Å²) < 4.78 is 39.8. The van der Waals surface area contributed by atoms with E-state index >= 15 is 0 Å². The monoisotopic (exact) mass is 378 g/mol. The van der Waals surface area contributed by atoms with Gasteiger partial charge >= 0.3 is 6.18 Å². The molecule has 1 aromatic carbocycles. The maximum Gasteiger partial charge on any atom is 0.416 e. The number of alkyl halides is 3. The average molecular weight is 379 g/mol. The lowest BCUT2D eigenvalue weighted by Gasteiger charge is -2.21. The van der Waals surface area contributed by atoms with Crippen LogP contribution in [0.4, 0.5) is 13.2 Å². The van der Waals surface area contributed by atoms with Crippen LogP contribution >= 0.6 is 27.3 Å². The number of thiophene rings is 1. The van der Waals surface area contributed by atoms with E-state index in [4.69, 9.17) is 5.84 Å². The van der Waals surface area contributed by atoms with Crippen LogP contribution in [0.15, 0.2) is 39.5 Å². The van der Waals surface area contributed by atoms with Crippen LogP contribution in [0.5, 0.6) is 0 Å². The van der Waals surface area contributed by atoms with Crippen molar-refractivity contribution in [2.24, 2.45) is 5.84 Å². The van der Waals surface area contributed by atoms with Gasteiger partial charge < -0.3 is 0 Å². The molecule has 3 N–H and O–H groups in total. The Kier molecular flexibility index (Phi) is 5.43. The van der Waals surface area contributed by atoms with Crippen molar-refractivity contribution < 1.29 is 13.2 Å². The number of hydrogen-bond donors (Lipinski definition) is 2. The lowest BCUT2D eigenvalue weighted by Crippen LogP contribution is -2.30. The van der Waals surface area contributed by atoms with Crippen molar-refractivity contribution in [1.29, 1.82) is 0 Å². The van der Waals surface area contributed by atoms with Gasteiger partial charge in [0.05, 0.1) is 5.56 Å². The molecule has 2 rings (SSSR count). The van der Waals surface area contributed by atoms with E-state index in [9.17, 15) is 13.2 Å². The van der Waals surface area contributed by atoms with Crippen molar-refractivity contribution in [1.82, 2.24) is 5.43 Å². The number of hydrogen-bond acceptors (Lipinski definition) is 3. The first-order valence-electron chi connectivity index (χ1n) is 6.25. The van der Waals surface area contributed by atoms with Gasteiger partial charge in [-0.05, 0) is 52.9 Å². The van der Waals surface area contributed by atoms with E-state index in [1.165, 1.54) is 6.07 Å². The Morgan fingerprint density at radius 1 is 1.29 bits per heavy atom. The van der Waals surface area contributed by atoms with Gasteiger partial charge in [-0.3, -0.25) is 11.3 Å². The second-order valence-electron chi connectivity index (χ2n) is 4.62. The minimum Gasteiger partial charge on any atom is -0.271 e. The molecular formula is C14H14BrF3N2S. The van der Waals surface area contributed by atoms with Crippen molar-refractivity contribution in [2.45, 2.75) is 25.1 Å². The SMILES string of the molecule is NNC(CCc1ccsc1)c1ccc(Br)cc1C(F)(F)F. The molecule has 0 radical (unpaired) electrons. The van der Waals surface area contributed by atoms with E-state index in [0.29, 0.717) is 17.3 Å². The summed E-state index contributed by atoms with van der Waals surface area (Å²) in [5.41, 5.74) is 3.11. The maximum atomic E-state index is 13.2. The number of nitrogens with one attached hydrogen (secondary N) is 1. The van der Waals surface area contributed by atoms with Gasteiger partial charge in [-0.1, -0.05) is 22.0 Å². The van der Waals surface area contributed by atoms with Gasteiger partial charge in [0.25, 0.3) is 0 Å². The normalized spacial score (nSPS) is 13.4. The predicted octanol–water partition coefficient (Wildman–Crippen LogP) is 4.67. The molecule has 0 fully saturated rings. The van der Waals surface area contributed by atoms with E-state index in [0.717, 1.165) is 11.6 Å². The second-order valence-corrected chi connectivity index (χ2v) is 6.31. The molecule has 0 bridgehead atoms. The smallest absolute Gasteiger partial charge is 0.271 e. The highest BCUT2D eigenvalue weighted by Crippen LogP contribution is 2.37. The first-order chi connectivity index (χ1) is 9.91. The Morgan fingerprint density at radius 3 is 2.62 bits per heavy atom. The Balaban J connectivity index is 2.25. The Labute approximate surface area is 133 Å². The number of benzene rings is 1. The third-order valence-electron chi connectivity index (χ3n) is 3.20. The van der Waals surface area contributed by atoms with Crippen LogP contribution in [-0.2, 0) is 12.6 Å². The molecule has 7 heteroatoms. The highest BCUT2D eigenvalue weighted by Gasteiger charge is 2.35. The highest BCUT2D eigenvalue weighted by atomic mass is 79.9. The van der Waals surface area contributed by atoms with E-state index in [1.807, 2.05) is 16.8 Å². The lowest BCUT2D eigenvalue weighted by atomic mass is 9.96. The van der Waals surface area contributed by atoms with Crippen LogP contribution in [0.1, 0.15) is 29.2 Å². The predicted molar refractivity (Wildman–Crippen MR) is 81.8 cm³/mol. The average Bonchev–Trinajstić information content (AvgIpc) is 2.93. The standard InChI is InChI=1S/C14H14BrF3N2S/c15-10-2-3-11(12(7-10)14(16,17)18)13(20-19)4-1-9-5-6-21-8-9/h2-3,5-8,13,20H,1,4,19H2.